The predicted octanol–water partition coefficient (Wildman–Crippen LogP) is 3.28. The van der Waals surface area contributed by atoms with Gasteiger partial charge in [0.1, 0.15) is 12.1 Å². The number of hydrogen-bond donors (Lipinski definition) is 1. The third-order valence-corrected chi connectivity index (χ3v) is 3.16. The van der Waals surface area contributed by atoms with Crippen molar-refractivity contribution in [3.63, 3.8) is 0 Å². The van der Waals surface area contributed by atoms with Crippen molar-refractivity contribution in [3.8, 4) is 0 Å². The fourth-order valence-electron chi connectivity index (χ4n) is 2.23. The van der Waals surface area contributed by atoms with Crippen molar-refractivity contribution in [2.24, 2.45) is 0 Å². The fourth-order valence-corrected chi connectivity index (χ4v) is 2.23. The van der Waals surface area contributed by atoms with E-state index in [-0.39, 0.29) is 0 Å². The normalized spacial score (nSPS) is 10.5. The summed E-state index contributed by atoms with van der Waals surface area (Å²) < 4.78 is 0. The molecule has 19 heavy (non-hydrogen) atoms. The van der Waals surface area contributed by atoms with Crippen molar-refractivity contribution in [1.82, 2.24) is 9.97 Å². The molecule has 1 heterocycles. The van der Waals surface area contributed by atoms with E-state index in [1.165, 1.54) is 16.3 Å². The maximum atomic E-state index is 4.15. The van der Waals surface area contributed by atoms with Gasteiger partial charge in [0.15, 0.2) is 0 Å². The number of nitrogens with zero attached hydrogens (tertiary/aromatic N) is 2. The van der Waals surface area contributed by atoms with Crippen LogP contribution in [0.4, 0.5) is 5.82 Å². The van der Waals surface area contributed by atoms with E-state index in [1.807, 2.05) is 6.07 Å². The van der Waals surface area contributed by atoms with Crippen LogP contribution in [0.25, 0.3) is 10.8 Å². The van der Waals surface area contributed by atoms with Gasteiger partial charge in [0.25, 0.3) is 0 Å². The molecule has 0 aliphatic rings. The van der Waals surface area contributed by atoms with E-state index >= 15 is 0 Å². The first-order valence-corrected chi connectivity index (χ1v) is 6.40. The second-order valence-electron chi connectivity index (χ2n) is 4.41. The van der Waals surface area contributed by atoms with Gasteiger partial charge in [-0.2, -0.15) is 0 Å². The molecule has 1 aromatic heterocycles. The third kappa shape index (κ3) is 2.71. The Morgan fingerprint density at radius 2 is 1.84 bits per heavy atom. The molecule has 0 aliphatic carbocycles. The van der Waals surface area contributed by atoms with Gasteiger partial charge in [-0.3, -0.25) is 0 Å². The van der Waals surface area contributed by atoms with Crippen molar-refractivity contribution in [2.45, 2.75) is 6.42 Å². The molecule has 0 saturated heterocycles. The number of nitrogens with one attached hydrogen (secondary N) is 1. The topological polar surface area (TPSA) is 37.8 Å². The molecule has 0 atom stereocenters. The van der Waals surface area contributed by atoms with Crippen molar-refractivity contribution in [2.75, 3.05) is 11.9 Å². The van der Waals surface area contributed by atoms with Gasteiger partial charge in [-0.15, -0.1) is 0 Å². The standard InChI is InChI=1S/C16H15N3/c1-2-7-15-13(4-1)5-3-6-14(15)8-11-18-16-9-10-17-12-19-16/h1-7,9-10,12H,8,11H2,(H,17,18,19). The fraction of sp³-hybridized carbons (Fsp3) is 0.125. The molecule has 0 bridgehead atoms. The third-order valence-electron chi connectivity index (χ3n) is 3.16. The predicted molar refractivity (Wildman–Crippen MR) is 78.2 cm³/mol. The molecular formula is C16H15N3. The van der Waals surface area contributed by atoms with Crippen molar-refractivity contribution in [3.05, 3.63) is 66.6 Å². The summed E-state index contributed by atoms with van der Waals surface area (Å²) in [6.45, 7) is 0.866. The molecule has 1 N–H and O–H groups in total. The Hall–Kier alpha value is -2.42. The molecule has 0 radical (unpaired) electrons. The molecule has 3 aromatic rings. The summed E-state index contributed by atoms with van der Waals surface area (Å²) in [6, 6.07) is 16.8. The van der Waals surface area contributed by atoms with Gasteiger partial charge in [-0.25, -0.2) is 9.97 Å². The molecule has 2 aromatic carbocycles. The molecule has 3 heteroatoms. The van der Waals surface area contributed by atoms with Crippen molar-refractivity contribution >= 4 is 16.6 Å². The Morgan fingerprint density at radius 3 is 2.74 bits per heavy atom. The van der Waals surface area contributed by atoms with Crippen LogP contribution in [0.1, 0.15) is 5.56 Å². The molecular weight excluding hydrogens is 234 g/mol. The van der Waals surface area contributed by atoms with Crippen LogP contribution in [0.5, 0.6) is 0 Å². The van der Waals surface area contributed by atoms with E-state index in [0.29, 0.717) is 0 Å². The number of aromatic nitrogens is 2. The lowest BCUT2D eigenvalue weighted by Gasteiger charge is -2.08. The monoisotopic (exact) mass is 249 g/mol. The van der Waals surface area contributed by atoms with Gasteiger partial charge in [-0.1, -0.05) is 42.5 Å². The first-order chi connectivity index (χ1) is 9.43. The number of benzene rings is 2. The lowest BCUT2D eigenvalue weighted by molar-refractivity contribution is 1.01. The quantitative estimate of drug-likeness (QED) is 0.771. The van der Waals surface area contributed by atoms with Crippen LogP contribution in [0, 0.1) is 0 Å². The Labute approximate surface area is 112 Å². The number of fused-ring (bicyclic) bond motifs is 1. The summed E-state index contributed by atoms with van der Waals surface area (Å²) in [5.41, 5.74) is 1.36. The molecule has 0 aliphatic heterocycles. The van der Waals surface area contributed by atoms with Gasteiger partial charge in [0.2, 0.25) is 0 Å². The van der Waals surface area contributed by atoms with Gasteiger partial charge in [0, 0.05) is 12.7 Å². The summed E-state index contributed by atoms with van der Waals surface area (Å²) in [4.78, 5) is 8.05. The van der Waals surface area contributed by atoms with Crippen LogP contribution >= 0.6 is 0 Å². The maximum absolute atomic E-state index is 4.15. The molecule has 0 amide bonds. The Morgan fingerprint density at radius 1 is 0.947 bits per heavy atom. The molecule has 94 valence electrons. The van der Waals surface area contributed by atoms with Crippen molar-refractivity contribution < 1.29 is 0 Å². The van der Waals surface area contributed by atoms with Crippen LogP contribution in [-0.4, -0.2) is 16.5 Å². The summed E-state index contributed by atoms with van der Waals surface area (Å²) in [7, 11) is 0. The van der Waals surface area contributed by atoms with Gasteiger partial charge in [0.05, 0.1) is 0 Å². The van der Waals surface area contributed by atoms with Crippen molar-refractivity contribution in [1.29, 1.82) is 0 Å². The average Bonchev–Trinajstić information content (AvgIpc) is 2.49. The minimum atomic E-state index is 0.866. The lowest BCUT2D eigenvalue weighted by Crippen LogP contribution is -2.06. The first kappa shape index (κ1) is 11.7. The number of rotatable bonds is 4. The molecule has 3 nitrogen and oxygen atoms in total. The Balaban J connectivity index is 1.72. The molecule has 0 fully saturated rings. The highest BCUT2D eigenvalue weighted by Crippen LogP contribution is 2.18. The van der Waals surface area contributed by atoms with E-state index in [1.54, 1.807) is 12.5 Å². The lowest BCUT2D eigenvalue weighted by atomic mass is 10.0. The van der Waals surface area contributed by atoms with E-state index in [0.717, 1.165) is 18.8 Å². The van der Waals surface area contributed by atoms with Gasteiger partial charge < -0.3 is 5.32 Å². The second kappa shape index (κ2) is 5.48. The second-order valence-corrected chi connectivity index (χ2v) is 4.41. The van der Waals surface area contributed by atoms with Crippen LogP contribution in [0.15, 0.2) is 61.1 Å². The minimum absolute atomic E-state index is 0.866. The van der Waals surface area contributed by atoms with Gasteiger partial charge >= 0.3 is 0 Å². The smallest absolute Gasteiger partial charge is 0.129 e. The van der Waals surface area contributed by atoms with Crippen LogP contribution in [0.3, 0.4) is 0 Å². The van der Waals surface area contributed by atoms with E-state index in [4.69, 9.17) is 0 Å². The van der Waals surface area contributed by atoms with Crippen LogP contribution < -0.4 is 5.32 Å². The van der Waals surface area contributed by atoms with E-state index in [9.17, 15) is 0 Å². The molecule has 3 rings (SSSR count). The molecule has 0 saturated carbocycles. The number of anilines is 1. The van der Waals surface area contributed by atoms with Crippen LogP contribution in [-0.2, 0) is 6.42 Å². The highest BCUT2D eigenvalue weighted by atomic mass is 15.0. The highest BCUT2D eigenvalue weighted by Gasteiger charge is 2.00. The SMILES string of the molecule is c1ccc2c(CCNc3ccncn3)cccc2c1. The molecule has 0 unspecified atom stereocenters. The summed E-state index contributed by atoms with van der Waals surface area (Å²) in [5, 5.41) is 5.93. The number of hydrogen-bond acceptors (Lipinski definition) is 3. The summed E-state index contributed by atoms with van der Waals surface area (Å²) in [5.74, 6) is 0.871. The first-order valence-electron chi connectivity index (χ1n) is 6.40. The van der Waals surface area contributed by atoms with Crippen LogP contribution in [0.2, 0.25) is 0 Å². The van der Waals surface area contributed by atoms with E-state index < -0.39 is 0 Å². The largest absolute Gasteiger partial charge is 0.370 e. The minimum Gasteiger partial charge on any atom is -0.370 e. The zero-order chi connectivity index (χ0) is 12.9. The average molecular weight is 249 g/mol. The van der Waals surface area contributed by atoms with E-state index in [2.05, 4.69) is 57.7 Å². The van der Waals surface area contributed by atoms with Gasteiger partial charge in [-0.05, 0) is 28.8 Å². The zero-order valence-corrected chi connectivity index (χ0v) is 10.6. The Kier molecular flexibility index (Phi) is 3.36. The molecule has 0 spiro atoms. The Bertz CT molecular complexity index is 660. The highest BCUT2D eigenvalue weighted by molar-refractivity contribution is 5.85. The zero-order valence-electron chi connectivity index (χ0n) is 10.6. The summed E-state index contributed by atoms with van der Waals surface area (Å²) in [6.07, 6.45) is 4.28. The summed E-state index contributed by atoms with van der Waals surface area (Å²) >= 11 is 0. The maximum Gasteiger partial charge on any atom is 0.129 e.